The van der Waals surface area contributed by atoms with E-state index in [0.717, 1.165) is 6.54 Å². The highest BCUT2D eigenvalue weighted by Crippen LogP contribution is 2.05. The minimum absolute atomic E-state index is 0.0330. The number of imidazole rings is 1. The molecule has 0 atom stereocenters. The number of aryl methyl sites for hydroxylation is 1. The van der Waals surface area contributed by atoms with Gasteiger partial charge in [-0.3, -0.25) is 0 Å². The predicted octanol–water partition coefficient (Wildman–Crippen LogP) is -0.622. The molecule has 1 rings (SSSR count). The molecule has 0 spiro atoms. The molecule has 0 radical (unpaired) electrons. The van der Waals surface area contributed by atoms with E-state index in [2.05, 4.69) is 4.98 Å². The average Bonchev–Trinajstić information content (AvgIpc) is 2.27. The smallest absolute Gasteiger partial charge is 0.358 e. The second-order valence-corrected chi connectivity index (χ2v) is 2.57. The summed E-state index contributed by atoms with van der Waals surface area (Å²) in [6, 6.07) is 0. The fraction of sp³-hybridized carbons (Fsp3) is 0.500. The summed E-state index contributed by atoms with van der Waals surface area (Å²) < 4.78 is 1.82. The number of hydrogen-bond donors (Lipinski definition) is 0. The molecule has 0 aliphatic rings. The number of aromatic nitrogens is 2. The summed E-state index contributed by atoms with van der Waals surface area (Å²) in [7, 11) is 1.71. The minimum atomic E-state index is -0.450. The molecule has 0 fully saturated rings. The largest absolute Gasteiger partial charge is 0.374 e. The Bertz CT molecular complexity index is 321. The number of nitrogens with zero attached hydrogens (tertiary/aromatic N) is 3. The van der Waals surface area contributed by atoms with Crippen molar-refractivity contribution in [2.45, 2.75) is 20.4 Å². The lowest BCUT2D eigenvalue weighted by molar-refractivity contribution is -0.388. The van der Waals surface area contributed by atoms with Gasteiger partial charge in [-0.2, -0.15) is 0 Å². The molecule has 0 aliphatic carbocycles. The van der Waals surface area contributed by atoms with Gasteiger partial charge in [-0.15, -0.1) is 0 Å². The maximum atomic E-state index is 10.4. The lowest BCUT2D eigenvalue weighted by atomic mass is 10.0. The van der Waals surface area contributed by atoms with Crippen LogP contribution in [0.15, 0.2) is 0 Å². The molecule has 0 aliphatic heterocycles. The lowest BCUT2D eigenvalue weighted by Crippen LogP contribution is -2.19. The van der Waals surface area contributed by atoms with Gasteiger partial charge in [0.1, 0.15) is 0 Å². The third-order valence-electron chi connectivity index (χ3n) is 1.88. The Kier molecular flexibility index (Phi) is 2.17. The predicted molar refractivity (Wildman–Crippen MR) is 47.5 cm³/mol. The van der Waals surface area contributed by atoms with Crippen LogP contribution in [-0.4, -0.2) is 22.3 Å². The third kappa shape index (κ3) is 1.20. The summed E-state index contributed by atoms with van der Waals surface area (Å²) in [5.74, 6) is 0.663. The van der Waals surface area contributed by atoms with Gasteiger partial charge >= 0.3 is 5.82 Å². The van der Waals surface area contributed by atoms with Gasteiger partial charge in [-0.1, -0.05) is 0 Å². The Hall–Kier alpha value is -1.33. The van der Waals surface area contributed by atoms with Crippen molar-refractivity contribution in [1.82, 2.24) is 9.55 Å². The van der Waals surface area contributed by atoms with Crippen LogP contribution in [0.2, 0.25) is 0 Å². The SMILES string of the molecule is Bc1c([N+](=O)[O-])nc(C)n1CC. The van der Waals surface area contributed by atoms with Crippen molar-refractivity contribution >= 4 is 19.3 Å². The van der Waals surface area contributed by atoms with Crippen LogP contribution in [0.4, 0.5) is 5.82 Å². The van der Waals surface area contributed by atoms with Gasteiger partial charge in [0.2, 0.25) is 5.82 Å². The molecule has 0 aromatic carbocycles. The standard InChI is InChI=1S/C6H10BN3O2/c1-3-9-4(2)8-6(5(9)7)10(11)12/h3,7H2,1-2H3. The van der Waals surface area contributed by atoms with Gasteiger partial charge in [0.05, 0.1) is 5.59 Å². The first kappa shape index (κ1) is 8.77. The summed E-state index contributed by atoms with van der Waals surface area (Å²) in [5.41, 5.74) is 0.625. The number of rotatable bonds is 2. The molecule has 0 amide bonds. The Labute approximate surface area is 71.0 Å². The van der Waals surface area contributed by atoms with E-state index in [1.807, 2.05) is 11.5 Å². The molecule has 1 heterocycles. The van der Waals surface area contributed by atoms with Gasteiger partial charge in [0, 0.05) is 13.5 Å². The van der Waals surface area contributed by atoms with Crippen LogP contribution < -0.4 is 5.59 Å². The fourth-order valence-electron chi connectivity index (χ4n) is 1.30. The van der Waals surface area contributed by atoms with Crippen molar-refractivity contribution in [1.29, 1.82) is 0 Å². The Morgan fingerprint density at radius 1 is 1.75 bits per heavy atom. The van der Waals surface area contributed by atoms with Crippen LogP contribution in [0.1, 0.15) is 12.7 Å². The van der Waals surface area contributed by atoms with Crippen LogP contribution in [-0.2, 0) is 6.54 Å². The summed E-state index contributed by atoms with van der Waals surface area (Å²) in [6.07, 6.45) is 0. The maximum absolute atomic E-state index is 10.4. The van der Waals surface area contributed by atoms with E-state index in [0.29, 0.717) is 11.4 Å². The molecule has 64 valence electrons. The van der Waals surface area contributed by atoms with E-state index in [-0.39, 0.29) is 5.82 Å². The van der Waals surface area contributed by atoms with Crippen molar-refractivity contribution < 1.29 is 4.92 Å². The van der Waals surface area contributed by atoms with Gasteiger partial charge in [0.15, 0.2) is 7.85 Å². The van der Waals surface area contributed by atoms with Crippen molar-refractivity contribution in [3.63, 3.8) is 0 Å². The van der Waals surface area contributed by atoms with Crippen molar-refractivity contribution in [3.05, 3.63) is 15.9 Å². The molecular formula is C6H10BN3O2. The molecule has 6 heteroatoms. The fourth-order valence-corrected chi connectivity index (χ4v) is 1.30. The van der Waals surface area contributed by atoms with E-state index < -0.39 is 4.92 Å². The molecule has 0 bridgehead atoms. The van der Waals surface area contributed by atoms with E-state index in [1.165, 1.54) is 0 Å². The zero-order chi connectivity index (χ0) is 9.30. The van der Waals surface area contributed by atoms with Gasteiger partial charge < -0.3 is 14.7 Å². The Balaban J connectivity index is 3.26. The highest BCUT2D eigenvalue weighted by Gasteiger charge is 2.19. The average molecular weight is 167 g/mol. The van der Waals surface area contributed by atoms with E-state index in [1.54, 1.807) is 14.8 Å². The van der Waals surface area contributed by atoms with Crippen LogP contribution in [0.25, 0.3) is 0 Å². The van der Waals surface area contributed by atoms with E-state index in [9.17, 15) is 10.1 Å². The summed E-state index contributed by atoms with van der Waals surface area (Å²) in [4.78, 5) is 13.8. The van der Waals surface area contributed by atoms with Crippen LogP contribution >= 0.6 is 0 Å². The molecule has 0 N–H and O–H groups in total. The first-order chi connectivity index (χ1) is 5.57. The van der Waals surface area contributed by atoms with Crippen LogP contribution in [0.5, 0.6) is 0 Å². The van der Waals surface area contributed by atoms with E-state index >= 15 is 0 Å². The minimum Gasteiger partial charge on any atom is -0.358 e. The molecule has 5 nitrogen and oxygen atoms in total. The van der Waals surface area contributed by atoms with Gasteiger partial charge in [-0.05, 0) is 16.8 Å². The lowest BCUT2D eigenvalue weighted by Gasteiger charge is -1.98. The summed E-state index contributed by atoms with van der Waals surface area (Å²) in [6.45, 7) is 4.42. The second kappa shape index (κ2) is 2.96. The van der Waals surface area contributed by atoms with Crippen molar-refractivity contribution in [2.24, 2.45) is 0 Å². The van der Waals surface area contributed by atoms with Crippen molar-refractivity contribution in [3.8, 4) is 0 Å². The number of nitro groups is 1. The summed E-state index contributed by atoms with van der Waals surface area (Å²) >= 11 is 0. The zero-order valence-electron chi connectivity index (χ0n) is 7.37. The zero-order valence-corrected chi connectivity index (χ0v) is 7.37. The van der Waals surface area contributed by atoms with Gasteiger partial charge in [0.25, 0.3) is 0 Å². The molecule has 0 saturated heterocycles. The molecule has 0 unspecified atom stereocenters. The topological polar surface area (TPSA) is 61.0 Å². The first-order valence-corrected chi connectivity index (χ1v) is 3.76. The van der Waals surface area contributed by atoms with Gasteiger partial charge in [-0.25, -0.2) is 0 Å². The maximum Gasteiger partial charge on any atom is 0.374 e. The highest BCUT2D eigenvalue weighted by molar-refractivity contribution is 6.33. The molecular weight excluding hydrogens is 157 g/mol. The normalized spacial score (nSPS) is 10.2. The molecule has 12 heavy (non-hydrogen) atoms. The monoisotopic (exact) mass is 167 g/mol. The second-order valence-electron chi connectivity index (χ2n) is 2.57. The Morgan fingerprint density at radius 3 is 2.58 bits per heavy atom. The third-order valence-corrected chi connectivity index (χ3v) is 1.88. The highest BCUT2D eigenvalue weighted by atomic mass is 16.6. The summed E-state index contributed by atoms with van der Waals surface area (Å²) in [5, 5.41) is 10.4. The number of hydrogen-bond acceptors (Lipinski definition) is 3. The van der Waals surface area contributed by atoms with E-state index in [4.69, 9.17) is 0 Å². The van der Waals surface area contributed by atoms with Crippen LogP contribution in [0.3, 0.4) is 0 Å². The first-order valence-electron chi connectivity index (χ1n) is 3.76. The molecule has 1 aromatic heterocycles. The Morgan fingerprint density at radius 2 is 2.33 bits per heavy atom. The molecule has 0 saturated carbocycles. The van der Waals surface area contributed by atoms with Crippen LogP contribution in [0, 0.1) is 17.0 Å². The van der Waals surface area contributed by atoms with Crippen molar-refractivity contribution in [2.75, 3.05) is 0 Å². The quantitative estimate of drug-likeness (QED) is 0.335. The molecule has 1 aromatic rings.